The van der Waals surface area contributed by atoms with Gasteiger partial charge in [0.25, 0.3) is 0 Å². The largest absolute Gasteiger partial charge is 0.387 e. The highest BCUT2D eigenvalue weighted by atomic mass is 16.3. The molecule has 0 saturated heterocycles. The summed E-state index contributed by atoms with van der Waals surface area (Å²) in [5.41, 5.74) is 3.62. The summed E-state index contributed by atoms with van der Waals surface area (Å²) < 4.78 is 1.86. The molecule has 0 spiro atoms. The lowest BCUT2D eigenvalue weighted by molar-refractivity contribution is 0.202. The average Bonchev–Trinajstić information content (AvgIpc) is 2.80. The highest BCUT2D eigenvalue weighted by molar-refractivity contribution is 5.54. The maximum atomic E-state index is 9.89. The summed E-state index contributed by atoms with van der Waals surface area (Å²) in [5.74, 6) is 0. The molecule has 1 aromatic heterocycles. The van der Waals surface area contributed by atoms with E-state index in [4.69, 9.17) is 0 Å². The van der Waals surface area contributed by atoms with Crippen molar-refractivity contribution in [3.05, 3.63) is 59.7 Å². The first-order valence-corrected chi connectivity index (χ1v) is 6.04. The van der Waals surface area contributed by atoms with Gasteiger partial charge in [-0.25, -0.2) is 4.98 Å². The van der Waals surface area contributed by atoms with Crippen LogP contribution in [0.15, 0.2) is 43.0 Å². The van der Waals surface area contributed by atoms with Crippen molar-refractivity contribution >= 4 is 6.08 Å². The van der Waals surface area contributed by atoms with Crippen LogP contribution in [0.1, 0.15) is 16.7 Å². The summed E-state index contributed by atoms with van der Waals surface area (Å²) in [6.45, 7) is 4.69. The molecule has 18 heavy (non-hydrogen) atoms. The van der Waals surface area contributed by atoms with Crippen molar-refractivity contribution in [2.75, 3.05) is 0 Å². The van der Waals surface area contributed by atoms with Gasteiger partial charge in [-0.2, -0.15) is 0 Å². The maximum Gasteiger partial charge on any atom is 0.0946 e. The molecule has 2 aromatic rings. The van der Waals surface area contributed by atoms with Gasteiger partial charge in [0.2, 0.25) is 0 Å². The molecule has 1 N–H and O–H groups in total. The van der Waals surface area contributed by atoms with Crippen LogP contribution in [-0.4, -0.2) is 20.8 Å². The van der Waals surface area contributed by atoms with Crippen LogP contribution in [-0.2, 0) is 6.54 Å². The summed E-state index contributed by atoms with van der Waals surface area (Å²) in [4.78, 5) is 3.95. The standard InChI is InChI=1S/C15H18N2O/c1-12-3-4-14(13(2)9-12)5-6-15(18)10-17-8-7-16-11-17/h3-9,11,15,18H,10H2,1-2H3/b6-5+. The van der Waals surface area contributed by atoms with Gasteiger partial charge in [0.05, 0.1) is 19.0 Å². The average molecular weight is 242 g/mol. The predicted molar refractivity (Wildman–Crippen MR) is 73.2 cm³/mol. The molecule has 1 unspecified atom stereocenters. The van der Waals surface area contributed by atoms with Crippen molar-refractivity contribution in [1.82, 2.24) is 9.55 Å². The van der Waals surface area contributed by atoms with E-state index >= 15 is 0 Å². The molecule has 2 rings (SSSR count). The molecule has 0 radical (unpaired) electrons. The molecule has 0 aliphatic heterocycles. The van der Waals surface area contributed by atoms with E-state index in [1.165, 1.54) is 11.1 Å². The van der Waals surface area contributed by atoms with Crippen molar-refractivity contribution in [2.45, 2.75) is 26.5 Å². The second-order valence-corrected chi connectivity index (χ2v) is 4.55. The number of hydrogen-bond donors (Lipinski definition) is 1. The van der Waals surface area contributed by atoms with E-state index in [0.717, 1.165) is 5.56 Å². The number of nitrogens with zero attached hydrogens (tertiary/aromatic N) is 2. The Morgan fingerprint density at radius 3 is 2.89 bits per heavy atom. The van der Waals surface area contributed by atoms with Gasteiger partial charge in [0.15, 0.2) is 0 Å². The van der Waals surface area contributed by atoms with E-state index in [-0.39, 0.29) is 0 Å². The first-order valence-electron chi connectivity index (χ1n) is 6.04. The summed E-state index contributed by atoms with van der Waals surface area (Å²) in [7, 11) is 0. The van der Waals surface area contributed by atoms with Gasteiger partial charge < -0.3 is 9.67 Å². The zero-order chi connectivity index (χ0) is 13.0. The van der Waals surface area contributed by atoms with Crippen LogP contribution in [0.2, 0.25) is 0 Å². The number of imidazole rings is 1. The minimum absolute atomic E-state index is 0.500. The van der Waals surface area contributed by atoms with E-state index in [2.05, 4.69) is 37.0 Å². The van der Waals surface area contributed by atoms with Crippen LogP contribution in [0.3, 0.4) is 0 Å². The Balaban J connectivity index is 2.01. The number of hydrogen-bond acceptors (Lipinski definition) is 2. The van der Waals surface area contributed by atoms with Crippen molar-refractivity contribution in [3.8, 4) is 0 Å². The highest BCUT2D eigenvalue weighted by Gasteiger charge is 2.00. The van der Waals surface area contributed by atoms with Gasteiger partial charge in [-0.15, -0.1) is 0 Å². The van der Waals surface area contributed by atoms with Crippen LogP contribution in [0.25, 0.3) is 6.08 Å². The Bertz CT molecular complexity index is 529. The van der Waals surface area contributed by atoms with Gasteiger partial charge in [-0.3, -0.25) is 0 Å². The van der Waals surface area contributed by atoms with Crippen LogP contribution in [0.4, 0.5) is 0 Å². The molecule has 0 amide bonds. The van der Waals surface area contributed by atoms with Crippen molar-refractivity contribution in [3.63, 3.8) is 0 Å². The monoisotopic (exact) mass is 242 g/mol. The molecule has 0 bridgehead atoms. The van der Waals surface area contributed by atoms with E-state index < -0.39 is 6.10 Å². The number of aryl methyl sites for hydroxylation is 2. The fraction of sp³-hybridized carbons (Fsp3) is 0.267. The summed E-state index contributed by atoms with van der Waals surface area (Å²) in [5, 5.41) is 9.89. The third-order valence-corrected chi connectivity index (χ3v) is 2.88. The molecule has 3 nitrogen and oxygen atoms in total. The zero-order valence-electron chi connectivity index (χ0n) is 10.7. The quantitative estimate of drug-likeness (QED) is 0.894. The van der Waals surface area contributed by atoms with Gasteiger partial charge in [-0.1, -0.05) is 35.9 Å². The van der Waals surface area contributed by atoms with Crippen molar-refractivity contribution in [2.24, 2.45) is 0 Å². The first kappa shape index (κ1) is 12.6. The molecule has 94 valence electrons. The van der Waals surface area contributed by atoms with E-state index in [0.29, 0.717) is 6.54 Å². The summed E-state index contributed by atoms with van der Waals surface area (Å²) in [6.07, 6.45) is 8.54. The van der Waals surface area contributed by atoms with Crippen molar-refractivity contribution < 1.29 is 5.11 Å². The molecule has 1 heterocycles. The molecule has 1 atom stereocenters. The van der Waals surface area contributed by atoms with Crippen LogP contribution >= 0.6 is 0 Å². The van der Waals surface area contributed by atoms with Crippen LogP contribution in [0, 0.1) is 13.8 Å². The Labute approximate surface area is 107 Å². The number of aliphatic hydroxyl groups is 1. The van der Waals surface area contributed by atoms with E-state index in [9.17, 15) is 5.11 Å². The minimum atomic E-state index is -0.500. The van der Waals surface area contributed by atoms with Crippen molar-refractivity contribution in [1.29, 1.82) is 0 Å². The number of aromatic nitrogens is 2. The molecular weight excluding hydrogens is 224 g/mol. The SMILES string of the molecule is Cc1ccc(/C=C/C(O)Cn2ccnc2)c(C)c1. The summed E-state index contributed by atoms with van der Waals surface area (Å²) in [6, 6.07) is 6.29. The third-order valence-electron chi connectivity index (χ3n) is 2.88. The zero-order valence-corrected chi connectivity index (χ0v) is 10.7. The maximum absolute atomic E-state index is 9.89. The van der Waals surface area contributed by atoms with Gasteiger partial charge in [0.1, 0.15) is 0 Å². The minimum Gasteiger partial charge on any atom is -0.387 e. The van der Waals surface area contributed by atoms with Gasteiger partial charge in [-0.05, 0) is 25.0 Å². The lowest BCUT2D eigenvalue weighted by Crippen LogP contribution is -2.11. The molecule has 1 aromatic carbocycles. The third kappa shape index (κ3) is 3.31. The topological polar surface area (TPSA) is 38.0 Å². The normalized spacial score (nSPS) is 13.1. The Morgan fingerprint density at radius 2 is 2.22 bits per heavy atom. The predicted octanol–water partition coefficient (Wildman–Crippen LogP) is 2.57. The molecule has 0 fully saturated rings. The van der Waals surface area contributed by atoms with E-state index in [1.807, 2.05) is 22.9 Å². The van der Waals surface area contributed by atoms with Gasteiger partial charge in [0, 0.05) is 12.4 Å². The van der Waals surface area contributed by atoms with Crippen LogP contribution in [0.5, 0.6) is 0 Å². The lowest BCUT2D eigenvalue weighted by Gasteiger charge is -2.07. The highest BCUT2D eigenvalue weighted by Crippen LogP contribution is 2.12. The van der Waals surface area contributed by atoms with Crippen LogP contribution < -0.4 is 0 Å². The fourth-order valence-corrected chi connectivity index (χ4v) is 1.90. The molecule has 3 heteroatoms. The number of benzene rings is 1. The molecule has 0 saturated carbocycles. The Kier molecular flexibility index (Phi) is 3.95. The lowest BCUT2D eigenvalue weighted by atomic mass is 10.0. The number of aliphatic hydroxyl groups excluding tert-OH is 1. The van der Waals surface area contributed by atoms with E-state index in [1.54, 1.807) is 12.5 Å². The Morgan fingerprint density at radius 1 is 1.39 bits per heavy atom. The smallest absolute Gasteiger partial charge is 0.0946 e. The number of rotatable bonds is 4. The first-order chi connectivity index (χ1) is 8.65. The summed E-state index contributed by atoms with van der Waals surface area (Å²) >= 11 is 0. The second kappa shape index (κ2) is 5.65. The molecule has 0 aliphatic rings. The second-order valence-electron chi connectivity index (χ2n) is 4.55. The van der Waals surface area contributed by atoms with Gasteiger partial charge >= 0.3 is 0 Å². The molecular formula is C15H18N2O. The fourth-order valence-electron chi connectivity index (χ4n) is 1.90. The Hall–Kier alpha value is -1.87. The molecule has 0 aliphatic carbocycles.